The highest BCUT2D eigenvalue weighted by molar-refractivity contribution is 5.33. The first-order valence-electron chi connectivity index (χ1n) is 7.67. The number of nitrogens with two attached hydrogens (primary N) is 1. The molecule has 3 rings (SSSR count). The van der Waals surface area contributed by atoms with Crippen molar-refractivity contribution in [3.63, 3.8) is 0 Å². The van der Waals surface area contributed by atoms with E-state index < -0.39 is 0 Å². The van der Waals surface area contributed by atoms with Crippen LogP contribution in [0.5, 0.6) is 0 Å². The van der Waals surface area contributed by atoms with Gasteiger partial charge in [0.1, 0.15) is 5.76 Å². The molecule has 2 aliphatic carbocycles. The first kappa shape index (κ1) is 12.3. The smallest absolute Gasteiger partial charge is 0.107 e. The number of hydrogen-bond donors (Lipinski definition) is 1. The fraction of sp³-hybridized carbons (Fsp3) is 0.750. The summed E-state index contributed by atoms with van der Waals surface area (Å²) in [5, 5.41) is 0. The maximum absolute atomic E-state index is 5.88. The van der Waals surface area contributed by atoms with Gasteiger partial charge in [-0.25, -0.2) is 0 Å². The second kappa shape index (κ2) is 5.48. The number of fused-ring (bicyclic) bond motifs is 1. The molecule has 2 nitrogen and oxygen atoms in total. The molecule has 0 spiro atoms. The highest BCUT2D eigenvalue weighted by Gasteiger charge is 2.27. The highest BCUT2D eigenvalue weighted by atomic mass is 16.3. The number of hydrogen-bond acceptors (Lipinski definition) is 2. The Labute approximate surface area is 110 Å². The lowest BCUT2D eigenvalue weighted by molar-refractivity contribution is 0.376. The molecular formula is C16H25NO. The molecular weight excluding hydrogens is 222 g/mol. The van der Waals surface area contributed by atoms with Crippen molar-refractivity contribution < 1.29 is 4.42 Å². The molecule has 1 fully saturated rings. The summed E-state index contributed by atoms with van der Waals surface area (Å²) in [5.74, 6) is 2.82. The van der Waals surface area contributed by atoms with Crippen LogP contribution in [0.15, 0.2) is 10.7 Å². The fourth-order valence-electron chi connectivity index (χ4n) is 3.84. The summed E-state index contributed by atoms with van der Waals surface area (Å²) in [7, 11) is 0. The molecule has 0 bridgehead atoms. The molecule has 0 amide bonds. The lowest BCUT2D eigenvalue weighted by Gasteiger charge is -2.25. The van der Waals surface area contributed by atoms with Gasteiger partial charge in [0.25, 0.3) is 0 Å². The molecule has 1 saturated carbocycles. The van der Waals surface area contributed by atoms with E-state index in [4.69, 9.17) is 10.2 Å². The molecule has 0 aromatic carbocycles. The van der Waals surface area contributed by atoms with E-state index in [1.54, 1.807) is 11.1 Å². The number of furan rings is 1. The molecule has 1 unspecified atom stereocenters. The maximum Gasteiger partial charge on any atom is 0.107 e. The highest BCUT2D eigenvalue weighted by Crippen LogP contribution is 2.39. The van der Waals surface area contributed by atoms with Crippen LogP contribution in [0.4, 0.5) is 0 Å². The van der Waals surface area contributed by atoms with Crippen LogP contribution in [-0.4, -0.2) is 6.54 Å². The van der Waals surface area contributed by atoms with Crippen LogP contribution in [0.25, 0.3) is 0 Å². The third-order valence-electron chi connectivity index (χ3n) is 4.91. The van der Waals surface area contributed by atoms with Gasteiger partial charge < -0.3 is 10.2 Å². The standard InChI is InChI=1S/C16H25NO/c17-9-8-12-6-7-14-15(11-18-16(14)10-12)13-4-2-1-3-5-13/h11-13H,1-10,17H2. The Morgan fingerprint density at radius 3 is 2.78 bits per heavy atom. The molecule has 1 aromatic rings. The minimum atomic E-state index is 0.757. The van der Waals surface area contributed by atoms with Gasteiger partial charge in [-0.2, -0.15) is 0 Å². The number of rotatable bonds is 3. The van der Waals surface area contributed by atoms with Crippen LogP contribution in [-0.2, 0) is 12.8 Å². The quantitative estimate of drug-likeness (QED) is 0.882. The lowest BCUT2D eigenvalue weighted by atomic mass is 9.79. The van der Waals surface area contributed by atoms with Gasteiger partial charge in [0, 0.05) is 6.42 Å². The van der Waals surface area contributed by atoms with Crippen LogP contribution in [0.2, 0.25) is 0 Å². The van der Waals surface area contributed by atoms with Gasteiger partial charge in [-0.3, -0.25) is 0 Å². The third kappa shape index (κ3) is 2.35. The monoisotopic (exact) mass is 247 g/mol. The van der Waals surface area contributed by atoms with Crippen molar-refractivity contribution in [2.45, 2.75) is 63.7 Å². The molecule has 0 aliphatic heterocycles. The molecule has 1 atom stereocenters. The second-order valence-corrected chi connectivity index (χ2v) is 6.11. The zero-order chi connectivity index (χ0) is 12.4. The van der Waals surface area contributed by atoms with E-state index in [-0.39, 0.29) is 0 Å². The zero-order valence-electron chi connectivity index (χ0n) is 11.3. The molecule has 18 heavy (non-hydrogen) atoms. The van der Waals surface area contributed by atoms with Gasteiger partial charge in [-0.15, -0.1) is 0 Å². The van der Waals surface area contributed by atoms with Crippen molar-refractivity contribution in [3.05, 3.63) is 23.2 Å². The van der Waals surface area contributed by atoms with Crippen molar-refractivity contribution >= 4 is 0 Å². The van der Waals surface area contributed by atoms with E-state index >= 15 is 0 Å². The average Bonchev–Trinajstić information content (AvgIpc) is 2.83. The van der Waals surface area contributed by atoms with E-state index in [2.05, 4.69) is 6.26 Å². The Kier molecular flexibility index (Phi) is 3.74. The summed E-state index contributed by atoms with van der Waals surface area (Å²) < 4.78 is 5.88. The molecule has 1 aromatic heterocycles. The van der Waals surface area contributed by atoms with E-state index in [9.17, 15) is 0 Å². The summed E-state index contributed by atoms with van der Waals surface area (Å²) in [5.41, 5.74) is 8.79. The molecule has 1 heterocycles. The van der Waals surface area contributed by atoms with Crippen molar-refractivity contribution in [2.75, 3.05) is 6.54 Å². The van der Waals surface area contributed by atoms with Gasteiger partial charge >= 0.3 is 0 Å². The summed E-state index contributed by atoms with van der Waals surface area (Å²) in [6.07, 6.45) is 13.9. The topological polar surface area (TPSA) is 39.2 Å². The molecule has 0 saturated heterocycles. The summed E-state index contributed by atoms with van der Waals surface area (Å²) in [6, 6.07) is 0. The second-order valence-electron chi connectivity index (χ2n) is 6.11. The molecule has 0 radical (unpaired) electrons. The maximum atomic E-state index is 5.88. The molecule has 2 N–H and O–H groups in total. The Morgan fingerprint density at radius 1 is 1.17 bits per heavy atom. The van der Waals surface area contributed by atoms with Crippen molar-refractivity contribution in [1.29, 1.82) is 0 Å². The van der Waals surface area contributed by atoms with E-state index in [1.165, 1.54) is 50.7 Å². The Balaban J connectivity index is 1.75. The molecule has 2 aliphatic rings. The summed E-state index contributed by atoms with van der Waals surface area (Å²) in [6.45, 7) is 0.816. The van der Waals surface area contributed by atoms with Gasteiger partial charge in [0.2, 0.25) is 0 Å². The normalized spacial score (nSPS) is 25.1. The van der Waals surface area contributed by atoms with Gasteiger partial charge in [0.05, 0.1) is 6.26 Å². The Hall–Kier alpha value is -0.760. The van der Waals surface area contributed by atoms with Crippen molar-refractivity contribution in [1.82, 2.24) is 0 Å². The SMILES string of the molecule is NCCC1CCc2c(C3CCCCC3)coc2C1. The predicted molar refractivity (Wildman–Crippen MR) is 73.7 cm³/mol. The van der Waals surface area contributed by atoms with E-state index in [1.807, 2.05) is 0 Å². The molecule has 100 valence electrons. The zero-order valence-corrected chi connectivity index (χ0v) is 11.3. The Morgan fingerprint density at radius 2 is 2.00 bits per heavy atom. The van der Waals surface area contributed by atoms with Crippen LogP contribution in [0, 0.1) is 5.92 Å². The van der Waals surface area contributed by atoms with Crippen molar-refractivity contribution in [3.8, 4) is 0 Å². The van der Waals surface area contributed by atoms with E-state index in [0.717, 1.165) is 31.2 Å². The largest absolute Gasteiger partial charge is 0.469 e. The molecule has 2 heteroatoms. The Bertz CT molecular complexity index is 390. The third-order valence-corrected chi connectivity index (χ3v) is 4.91. The van der Waals surface area contributed by atoms with Crippen LogP contribution in [0.3, 0.4) is 0 Å². The fourth-order valence-corrected chi connectivity index (χ4v) is 3.84. The first-order valence-corrected chi connectivity index (χ1v) is 7.67. The van der Waals surface area contributed by atoms with Crippen LogP contribution < -0.4 is 5.73 Å². The summed E-state index contributed by atoms with van der Waals surface area (Å²) >= 11 is 0. The van der Waals surface area contributed by atoms with Gasteiger partial charge in [0.15, 0.2) is 0 Å². The minimum Gasteiger partial charge on any atom is -0.469 e. The predicted octanol–water partition coefficient (Wildman–Crippen LogP) is 3.78. The minimum absolute atomic E-state index is 0.757. The lowest BCUT2D eigenvalue weighted by Crippen LogP contribution is -2.18. The first-order chi connectivity index (χ1) is 8.88. The van der Waals surface area contributed by atoms with Gasteiger partial charge in [-0.1, -0.05) is 19.3 Å². The van der Waals surface area contributed by atoms with Crippen LogP contribution in [0.1, 0.15) is 67.8 Å². The van der Waals surface area contributed by atoms with E-state index in [0.29, 0.717) is 0 Å². The summed E-state index contributed by atoms with van der Waals surface area (Å²) in [4.78, 5) is 0. The van der Waals surface area contributed by atoms with Crippen molar-refractivity contribution in [2.24, 2.45) is 11.7 Å². The van der Waals surface area contributed by atoms with Crippen LogP contribution >= 0.6 is 0 Å². The average molecular weight is 247 g/mol. The van der Waals surface area contributed by atoms with Gasteiger partial charge in [-0.05, 0) is 61.6 Å².